The van der Waals surface area contributed by atoms with Crippen molar-refractivity contribution in [1.29, 1.82) is 0 Å². The minimum atomic E-state index is -0.926. The average Bonchev–Trinajstić information content (AvgIpc) is 2.29. The van der Waals surface area contributed by atoms with E-state index in [1.54, 1.807) is 0 Å². The average molecular weight is 224 g/mol. The number of aliphatic carboxylic acids is 1. The molecule has 1 atom stereocenters. The first kappa shape index (κ1) is 12.5. The third kappa shape index (κ3) is 3.24. The van der Waals surface area contributed by atoms with Gasteiger partial charge in [0.25, 0.3) is 0 Å². The molecule has 1 amide bonds. The number of nitrogens with one attached hydrogen (secondary N) is 1. The van der Waals surface area contributed by atoms with Crippen LogP contribution >= 0.6 is 0 Å². The van der Waals surface area contributed by atoms with E-state index in [1.807, 2.05) is 0 Å². The number of carboxylic acids is 1. The fourth-order valence-electron chi connectivity index (χ4n) is 1.83. The number of carbonyl (C=O) groups excluding carboxylic acids is 1. The molecule has 5 heteroatoms. The van der Waals surface area contributed by atoms with Crippen LogP contribution in [0.1, 0.15) is 19.3 Å². The summed E-state index contributed by atoms with van der Waals surface area (Å²) in [6.45, 7) is 0.943. The summed E-state index contributed by atoms with van der Waals surface area (Å²) in [5.41, 5.74) is 0. The minimum absolute atomic E-state index is 0.105. The van der Waals surface area contributed by atoms with Crippen molar-refractivity contribution in [3.05, 3.63) is 0 Å². The Morgan fingerprint density at radius 1 is 1.50 bits per heavy atom. The van der Waals surface area contributed by atoms with Gasteiger partial charge in [0.1, 0.15) is 6.04 Å². The van der Waals surface area contributed by atoms with Gasteiger partial charge in [-0.3, -0.25) is 10.1 Å². The van der Waals surface area contributed by atoms with Crippen molar-refractivity contribution in [2.75, 3.05) is 19.6 Å². The van der Waals surface area contributed by atoms with Gasteiger partial charge in [-0.25, -0.2) is 4.79 Å². The Hall–Kier alpha value is -1.54. The van der Waals surface area contributed by atoms with E-state index in [1.165, 1.54) is 4.90 Å². The Bertz CT molecular complexity index is 309. The zero-order valence-electron chi connectivity index (χ0n) is 9.11. The van der Waals surface area contributed by atoms with Gasteiger partial charge in [0.05, 0.1) is 13.1 Å². The number of rotatable bonds is 4. The molecule has 2 N–H and O–H groups in total. The van der Waals surface area contributed by atoms with Gasteiger partial charge in [0.2, 0.25) is 5.91 Å². The minimum Gasteiger partial charge on any atom is -0.480 e. The number of carbonyl (C=O) groups is 2. The maximum Gasteiger partial charge on any atom is 0.326 e. The van der Waals surface area contributed by atoms with Crippen molar-refractivity contribution in [2.24, 2.45) is 0 Å². The molecule has 1 heterocycles. The second kappa shape index (κ2) is 6.13. The molecule has 0 spiro atoms. The summed E-state index contributed by atoms with van der Waals surface area (Å²) < 4.78 is 0. The highest BCUT2D eigenvalue weighted by molar-refractivity contribution is 5.85. The van der Waals surface area contributed by atoms with Crippen LogP contribution in [0, 0.1) is 12.3 Å². The van der Waals surface area contributed by atoms with Crippen LogP contribution < -0.4 is 5.32 Å². The lowest BCUT2D eigenvalue weighted by Gasteiger charge is -2.32. The van der Waals surface area contributed by atoms with Crippen molar-refractivity contribution >= 4 is 11.9 Å². The van der Waals surface area contributed by atoms with Crippen LogP contribution in [-0.2, 0) is 9.59 Å². The molecule has 0 aromatic rings. The third-order valence-corrected chi connectivity index (χ3v) is 2.61. The van der Waals surface area contributed by atoms with Crippen molar-refractivity contribution < 1.29 is 14.7 Å². The third-order valence-electron chi connectivity index (χ3n) is 2.61. The molecule has 16 heavy (non-hydrogen) atoms. The van der Waals surface area contributed by atoms with E-state index in [4.69, 9.17) is 11.5 Å². The van der Waals surface area contributed by atoms with Crippen LogP contribution in [0.2, 0.25) is 0 Å². The molecule has 5 nitrogen and oxygen atoms in total. The van der Waals surface area contributed by atoms with E-state index in [0.29, 0.717) is 19.5 Å². The summed E-state index contributed by atoms with van der Waals surface area (Å²) in [5, 5.41) is 11.8. The van der Waals surface area contributed by atoms with Crippen molar-refractivity contribution in [1.82, 2.24) is 10.2 Å². The highest BCUT2D eigenvalue weighted by Gasteiger charge is 2.31. The maximum atomic E-state index is 11.7. The molecule has 0 radical (unpaired) electrons. The first-order valence-electron chi connectivity index (χ1n) is 5.33. The van der Waals surface area contributed by atoms with Gasteiger partial charge < -0.3 is 10.0 Å². The first-order chi connectivity index (χ1) is 7.66. The normalized spacial score (nSPS) is 20.2. The molecule has 1 saturated heterocycles. The van der Waals surface area contributed by atoms with E-state index in [-0.39, 0.29) is 12.5 Å². The lowest BCUT2D eigenvalue weighted by Crippen LogP contribution is -2.50. The molecule has 0 aromatic carbocycles. The van der Waals surface area contributed by atoms with Gasteiger partial charge in [0, 0.05) is 6.54 Å². The Balaban J connectivity index is 2.51. The number of terminal acetylenes is 1. The van der Waals surface area contributed by atoms with E-state index >= 15 is 0 Å². The number of carboxylic acid groups (broad SMARTS) is 1. The van der Waals surface area contributed by atoms with E-state index in [9.17, 15) is 9.59 Å². The van der Waals surface area contributed by atoms with E-state index in [0.717, 1.165) is 12.8 Å². The molecular weight excluding hydrogens is 208 g/mol. The van der Waals surface area contributed by atoms with Gasteiger partial charge in [-0.2, -0.15) is 0 Å². The predicted octanol–water partition coefficient (Wildman–Crippen LogP) is -0.325. The molecule has 0 bridgehead atoms. The van der Waals surface area contributed by atoms with E-state index in [2.05, 4.69) is 11.2 Å². The summed E-state index contributed by atoms with van der Waals surface area (Å²) in [7, 11) is 0. The smallest absolute Gasteiger partial charge is 0.326 e. The maximum absolute atomic E-state index is 11.7. The van der Waals surface area contributed by atoms with Crippen molar-refractivity contribution in [2.45, 2.75) is 25.3 Å². The summed E-state index contributed by atoms with van der Waals surface area (Å²) >= 11 is 0. The highest BCUT2D eigenvalue weighted by Crippen LogP contribution is 2.16. The van der Waals surface area contributed by atoms with Gasteiger partial charge in [-0.1, -0.05) is 5.92 Å². The monoisotopic (exact) mass is 224 g/mol. The van der Waals surface area contributed by atoms with Gasteiger partial charge in [0.15, 0.2) is 0 Å². The van der Waals surface area contributed by atoms with Gasteiger partial charge >= 0.3 is 5.97 Å². The fraction of sp³-hybridized carbons (Fsp3) is 0.636. The Morgan fingerprint density at radius 2 is 2.25 bits per heavy atom. The predicted molar refractivity (Wildman–Crippen MR) is 58.7 cm³/mol. The standard InChI is InChI=1S/C11H16N2O3/c1-2-6-12-8-10(14)13-7-4-3-5-9(13)11(15)16/h1,9,12H,3-8H2,(H,15,16)/t9-/m1/s1. The molecule has 0 aliphatic carbocycles. The second-order valence-corrected chi connectivity index (χ2v) is 3.74. The second-order valence-electron chi connectivity index (χ2n) is 3.74. The number of likely N-dealkylation sites (tertiary alicyclic amines) is 1. The Labute approximate surface area is 94.8 Å². The number of hydrogen-bond donors (Lipinski definition) is 2. The van der Waals surface area contributed by atoms with Gasteiger partial charge in [-0.15, -0.1) is 6.42 Å². The molecule has 0 saturated carbocycles. The number of amides is 1. The summed E-state index contributed by atoms with van der Waals surface area (Å²) in [4.78, 5) is 24.1. The molecule has 1 aliphatic rings. The summed E-state index contributed by atoms with van der Waals surface area (Å²) in [6, 6.07) is -0.672. The van der Waals surface area contributed by atoms with Crippen LogP contribution in [0.25, 0.3) is 0 Å². The van der Waals surface area contributed by atoms with Crippen LogP contribution in [-0.4, -0.2) is 47.6 Å². The number of nitrogens with zero attached hydrogens (tertiary/aromatic N) is 1. The van der Waals surface area contributed by atoms with E-state index < -0.39 is 12.0 Å². The van der Waals surface area contributed by atoms with Crippen LogP contribution in [0.3, 0.4) is 0 Å². The first-order valence-corrected chi connectivity index (χ1v) is 5.33. The zero-order chi connectivity index (χ0) is 12.0. The van der Waals surface area contributed by atoms with Crippen molar-refractivity contribution in [3.8, 4) is 12.3 Å². The van der Waals surface area contributed by atoms with Crippen LogP contribution in [0.5, 0.6) is 0 Å². The lowest BCUT2D eigenvalue weighted by atomic mass is 10.0. The number of piperidine rings is 1. The largest absolute Gasteiger partial charge is 0.480 e. The van der Waals surface area contributed by atoms with Crippen LogP contribution in [0.4, 0.5) is 0 Å². The molecule has 0 aromatic heterocycles. The molecule has 1 aliphatic heterocycles. The lowest BCUT2D eigenvalue weighted by molar-refractivity contribution is -0.151. The fourth-order valence-corrected chi connectivity index (χ4v) is 1.83. The zero-order valence-corrected chi connectivity index (χ0v) is 9.11. The Kier molecular flexibility index (Phi) is 4.80. The molecule has 88 valence electrons. The Morgan fingerprint density at radius 3 is 2.88 bits per heavy atom. The molecule has 1 fully saturated rings. The molecule has 1 rings (SSSR count). The molecular formula is C11H16N2O3. The summed E-state index contributed by atoms with van der Waals surface area (Å²) in [5.74, 6) is 1.24. The quantitative estimate of drug-likeness (QED) is 0.507. The van der Waals surface area contributed by atoms with Gasteiger partial charge in [-0.05, 0) is 19.3 Å². The van der Waals surface area contributed by atoms with Crippen molar-refractivity contribution in [3.63, 3.8) is 0 Å². The summed E-state index contributed by atoms with van der Waals surface area (Å²) in [6.07, 6.45) is 7.30. The SMILES string of the molecule is C#CCNCC(=O)N1CCCC[C@@H]1C(=O)O. The highest BCUT2D eigenvalue weighted by atomic mass is 16.4. The van der Waals surface area contributed by atoms with Crippen LogP contribution in [0.15, 0.2) is 0 Å². The topological polar surface area (TPSA) is 69.6 Å². The number of hydrogen-bond acceptors (Lipinski definition) is 3. The molecule has 0 unspecified atom stereocenters.